The van der Waals surface area contributed by atoms with Crippen LogP contribution >= 0.6 is 0 Å². The predicted octanol–water partition coefficient (Wildman–Crippen LogP) is 1.31. The number of rotatable bonds is 2. The zero-order valence-corrected chi connectivity index (χ0v) is 10.9. The number of hydrazine groups is 1. The van der Waals surface area contributed by atoms with Gasteiger partial charge in [-0.25, -0.2) is 15.3 Å². The molecule has 0 aliphatic rings. The van der Waals surface area contributed by atoms with E-state index < -0.39 is 5.91 Å². The maximum absolute atomic E-state index is 11.7. The first-order valence-electron chi connectivity index (χ1n) is 6.12. The van der Waals surface area contributed by atoms with E-state index in [9.17, 15) is 4.79 Å². The van der Waals surface area contributed by atoms with Crippen LogP contribution in [0, 0.1) is 6.92 Å². The van der Waals surface area contributed by atoms with E-state index in [-0.39, 0.29) is 0 Å². The minimum atomic E-state index is -0.405. The molecular formula is C14H13N5O. The highest BCUT2D eigenvalue weighted by Crippen LogP contribution is 2.20. The molecule has 0 atom stereocenters. The smallest absolute Gasteiger partial charge is 0.270 e. The van der Waals surface area contributed by atoms with Gasteiger partial charge in [-0.15, -0.1) is 0 Å². The van der Waals surface area contributed by atoms with E-state index in [1.54, 1.807) is 4.52 Å². The highest BCUT2D eigenvalue weighted by atomic mass is 16.2. The maximum atomic E-state index is 11.7. The number of carbonyl (C=O) groups is 1. The number of aromatic nitrogens is 3. The molecule has 6 nitrogen and oxygen atoms in total. The van der Waals surface area contributed by atoms with Gasteiger partial charge < -0.3 is 0 Å². The summed E-state index contributed by atoms with van der Waals surface area (Å²) in [6, 6.07) is 11.7. The van der Waals surface area contributed by atoms with Crippen LogP contribution in [0.1, 0.15) is 16.1 Å². The SMILES string of the molecule is Cc1cc(-c2ccccc2)nc2c(C(=O)NN)cnn12. The highest BCUT2D eigenvalue weighted by Gasteiger charge is 2.15. The van der Waals surface area contributed by atoms with Crippen molar-refractivity contribution in [2.45, 2.75) is 6.92 Å². The lowest BCUT2D eigenvalue weighted by molar-refractivity contribution is 0.0955. The topological polar surface area (TPSA) is 85.3 Å². The lowest BCUT2D eigenvalue weighted by Gasteiger charge is -2.05. The molecule has 0 saturated heterocycles. The summed E-state index contributed by atoms with van der Waals surface area (Å²) in [5.41, 5.74) is 5.63. The third kappa shape index (κ3) is 1.92. The molecule has 100 valence electrons. The Balaban J connectivity index is 2.24. The number of fused-ring (bicyclic) bond motifs is 1. The van der Waals surface area contributed by atoms with Crippen molar-refractivity contribution in [2.75, 3.05) is 0 Å². The number of hydrogen-bond donors (Lipinski definition) is 2. The minimum Gasteiger partial charge on any atom is -0.290 e. The molecule has 0 unspecified atom stereocenters. The first-order chi connectivity index (χ1) is 9.70. The fraction of sp³-hybridized carbons (Fsp3) is 0.0714. The van der Waals surface area contributed by atoms with Gasteiger partial charge in [0.1, 0.15) is 5.56 Å². The molecule has 0 spiro atoms. The van der Waals surface area contributed by atoms with E-state index >= 15 is 0 Å². The van der Waals surface area contributed by atoms with Crippen LogP contribution in [-0.2, 0) is 0 Å². The van der Waals surface area contributed by atoms with E-state index in [4.69, 9.17) is 5.84 Å². The van der Waals surface area contributed by atoms with Crippen molar-refractivity contribution < 1.29 is 4.79 Å². The number of amides is 1. The molecule has 1 amide bonds. The molecule has 0 bridgehead atoms. The van der Waals surface area contributed by atoms with Gasteiger partial charge >= 0.3 is 0 Å². The molecule has 3 aromatic rings. The van der Waals surface area contributed by atoms with Crippen LogP contribution in [0.25, 0.3) is 16.9 Å². The molecule has 0 saturated carbocycles. The summed E-state index contributed by atoms with van der Waals surface area (Å²) in [7, 11) is 0. The molecule has 0 aliphatic heterocycles. The van der Waals surface area contributed by atoms with Gasteiger partial charge in [-0.2, -0.15) is 5.10 Å². The van der Waals surface area contributed by atoms with Crippen LogP contribution in [0.5, 0.6) is 0 Å². The number of hydrogen-bond acceptors (Lipinski definition) is 4. The van der Waals surface area contributed by atoms with Crippen molar-refractivity contribution >= 4 is 11.6 Å². The molecule has 2 aromatic heterocycles. The Morgan fingerprint density at radius 3 is 2.75 bits per heavy atom. The number of nitrogens with one attached hydrogen (secondary N) is 1. The number of nitrogens with two attached hydrogens (primary N) is 1. The van der Waals surface area contributed by atoms with E-state index in [1.807, 2.05) is 43.3 Å². The molecule has 3 rings (SSSR count). The molecular weight excluding hydrogens is 254 g/mol. The van der Waals surface area contributed by atoms with Gasteiger partial charge in [-0.3, -0.25) is 10.2 Å². The summed E-state index contributed by atoms with van der Waals surface area (Å²) in [6.45, 7) is 1.91. The van der Waals surface area contributed by atoms with Crippen molar-refractivity contribution in [2.24, 2.45) is 5.84 Å². The lowest BCUT2D eigenvalue weighted by atomic mass is 10.1. The monoisotopic (exact) mass is 267 g/mol. The Kier molecular flexibility index (Phi) is 2.92. The Labute approximate surface area is 115 Å². The number of benzene rings is 1. The van der Waals surface area contributed by atoms with E-state index in [1.165, 1.54) is 6.20 Å². The summed E-state index contributed by atoms with van der Waals surface area (Å²) in [5.74, 6) is 4.77. The molecule has 0 radical (unpaired) electrons. The highest BCUT2D eigenvalue weighted by molar-refractivity contribution is 5.99. The van der Waals surface area contributed by atoms with Crippen LogP contribution in [0.3, 0.4) is 0 Å². The summed E-state index contributed by atoms with van der Waals surface area (Å²) >= 11 is 0. The largest absolute Gasteiger partial charge is 0.290 e. The molecule has 1 aromatic carbocycles. The Morgan fingerprint density at radius 1 is 1.30 bits per heavy atom. The van der Waals surface area contributed by atoms with Crippen LogP contribution in [0.4, 0.5) is 0 Å². The maximum Gasteiger partial charge on any atom is 0.270 e. The first kappa shape index (κ1) is 12.3. The Hall–Kier alpha value is -2.73. The van der Waals surface area contributed by atoms with Gasteiger partial charge in [0.25, 0.3) is 5.91 Å². The second kappa shape index (κ2) is 4.75. The molecule has 20 heavy (non-hydrogen) atoms. The zero-order valence-electron chi connectivity index (χ0n) is 10.9. The van der Waals surface area contributed by atoms with Gasteiger partial charge in [0, 0.05) is 11.3 Å². The zero-order chi connectivity index (χ0) is 14.1. The van der Waals surface area contributed by atoms with Gasteiger partial charge in [0.2, 0.25) is 0 Å². The normalized spacial score (nSPS) is 10.7. The molecule has 0 aliphatic carbocycles. The molecule has 0 fully saturated rings. The van der Waals surface area contributed by atoms with Crippen LogP contribution < -0.4 is 11.3 Å². The summed E-state index contributed by atoms with van der Waals surface area (Å²) in [6.07, 6.45) is 1.46. The van der Waals surface area contributed by atoms with Crippen LogP contribution in [0.15, 0.2) is 42.6 Å². The van der Waals surface area contributed by atoms with E-state index in [2.05, 4.69) is 15.5 Å². The summed E-state index contributed by atoms with van der Waals surface area (Å²) < 4.78 is 1.62. The van der Waals surface area contributed by atoms with Gasteiger partial charge in [-0.05, 0) is 13.0 Å². The Bertz CT molecular complexity index is 779. The third-order valence-corrected chi connectivity index (χ3v) is 3.10. The van der Waals surface area contributed by atoms with Gasteiger partial charge in [0.15, 0.2) is 5.65 Å². The van der Waals surface area contributed by atoms with E-state index in [0.717, 1.165) is 17.0 Å². The predicted molar refractivity (Wildman–Crippen MR) is 74.8 cm³/mol. The lowest BCUT2D eigenvalue weighted by Crippen LogP contribution is -2.30. The van der Waals surface area contributed by atoms with Crippen molar-refractivity contribution in [3.05, 3.63) is 53.9 Å². The fourth-order valence-corrected chi connectivity index (χ4v) is 2.11. The number of nitrogen functional groups attached to an aromatic ring is 1. The quantitative estimate of drug-likeness (QED) is 0.416. The number of aryl methyl sites for hydroxylation is 1. The Morgan fingerprint density at radius 2 is 2.05 bits per heavy atom. The van der Waals surface area contributed by atoms with E-state index in [0.29, 0.717) is 11.2 Å². The molecule has 2 heterocycles. The van der Waals surface area contributed by atoms with Crippen molar-refractivity contribution in [1.29, 1.82) is 0 Å². The van der Waals surface area contributed by atoms with Crippen molar-refractivity contribution in [3.63, 3.8) is 0 Å². The molecule has 3 N–H and O–H groups in total. The second-order valence-corrected chi connectivity index (χ2v) is 4.42. The average molecular weight is 267 g/mol. The van der Waals surface area contributed by atoms with Gasteiger partial charge in [0.05, 0.1) is 11.9 Å². The second-order valence-electron chi connectivity index (χ2n) is 4.42. The average Bonchev–Trinajstić information content (AvgIpc) is 2.92. The minimum absolute atomic E-state index is 0.355. The van der Waals surface area contributed by atoms with Crippen LogP contribution in [-0.4, -0.2) is 20.5 Å². The fourth-order valence-electron chi connectivity index (χ4n) is 2.11. The number of nitrogens with zero attached hydrogens (tertiary/aromatic N) is 3. The van der Waals surface area contributed by atoms with Crippen molar-refractivity contribution in [1.82, 2.24) is 20.0 Å². The van der Waals surface area contributed by atoms with Crippen molar-refractivity contribution in [3.8, 4) is 11.3 Å². The number of carbonyl (C=O) groups excluding carboxylic acids is 1. The van der Waals surface area contributed by atoms with Crippen LogP contribution in [0.2, 0.25) is 0 Å². The summed E-state index contributed by atoms with van der Waals surface area (Å²) in [4.78, 5) is 16.2. The summed E-state index contributed by atoms with van der Waals surface area (Å²) in [5, 5.41) is 4.16. The third-order valence-electron chi connectivity index (χ3n) is 3.10. The molecule has 6 heteroatoms. The first-order valence-corrected chi connectivity index (χ1v) is 6.12. The standard InChI is InChI=1S/C14H13N5O/c1-9-7-12(10-5-3-2-4-6-10)17-13-11(14(20)18-15)8-16-19(9)13/h2-8H,15H2,1H3,(H,18,20). The van der Waals surface area contributed by atoms with Gasteiger partial charge in [-0.1, -0.05) is 30.3 Å².